The zero-order valence-corrected chi connectivity index (χ0v) is 18.9. The predicted molar refractivity (Wildman–Crippen MR) is 125 cm³/mol. The molecule has 2 aromatic heterocycles. The van der Waals surface area contributed by atoms with Crippen LogP contribution in [-0.4, -0.2) is 31.3 Å². The molecule has 0 saturated carbocycles. The molecule has 2 heterocycles. The molecule has 4 rings (SSSR count). The molecule has 0 unspecified atom stereocenters. The lowest BCUT2D eigenvalue weighted by molar-refractivity contribution is 0.356. The van der Waals surface area contributed by atoms with E-state index < -0.39 is 0 Å². The summed E-state index contributed by atoms with van der Waals surface area (Å²) in [4.78, 5) is 9.34. The van der Waals surface area contributed by atoms with Gasteiger partial charge in [0.05, 0.1) is 26.8 Å². The number of benzene rings is 2. The van der Waals surface area contributed by atoms with Gasteiger partial charge in [-0.3, -0.25) is 4.98 Å². The number of hydrogen-bond donors (Lipinski definition) is 0. The first-order chi connectivity index (χ1) is 15.1. The van der Waals surface area contributed by atoms with Crippen LogP contribution < -0.4 is 14.2 Å². The Morgan fingerprint density at radius 3 is 2.29 bits per heavy atom. The zero-order valence-electron chi connectivity index (χ0n) is 18.2. The second kappa shape index (κ2) is 8.98. The van der Waals surface area contributed by atoms with Crippen molar-refractivity contribution in [3.05, 3.63) is 64.6 Å². The minimum Gasteiger partial charge on any atom is -0.497 e. The largest absolute Gasteiger partial charge is 0.497 e. The summed E-state index contributed by atoms with van der Waals surface area (Å²) in [6, 6.07) is 11.9. The summed E-state index contributed by atoms with van der Waals surface area (Å²) >= 11 is 6.56. The Balaban J connectivity index is 1.86. The van der Waals surface area contributed by atoms with E-state index in [1.165, 1.54) is 0 Å². The Hall–Kier alpha value is -3.05. The van der Waals surface area contributed by atoms with Crippen LogP contribution in [0.4, 0.5) is 0 Å². The topological polar surface area (TPSA) is 53.5 Å². The number of fused-ring (bicyclic) bond motifs is 2. The van der Waals surface area contributed by atoms with Crippen molar-refractivity contribution in [2.24, 2.45) is 0 Å². The van der Waals surface area contributed by atoms with Gasteiger partial charge in [0.25, 0.3) is 0 Å². The van der Waals surface area contributed by atoms with Crippen molar-refractivity contribution in [1.82, 2.24) is 9.97 Å². The number of hydrogen-bond acceptors (Lipinski definition) is 5. The first-order valence-corrected chi connectivity index (χ1v) is 10.6. The highest BCUT2D eigenvalue weighted by Crippen LogP contribution is 2.36. The van der Waals surface area contributed by atoms with Crippen molar-refractivity contribution in [2.75, 3.05) is 21.3 Å². The van der Waals surface area contributed by atoms with Gasteiger partial charge in [-0.25, -0.2) is 4.98 Å². The van der Waals surface area contributed by atoms with Crippen LogP contribution in [0.25, 0.3) is 21.7 Å². The van der Waals surface area contributed by atoms with Gasteiger partial charge in [-0.1, -0.05) is 24.9 Å². The standard InChI is InChI=1S/C25H25ClN2O3/c1-5-6-22-20-13-24(31-4)23(30-3)12-19(20)17(14-27-22)10-16-9-15-11-18(29-2)7-8-21(15)28-25(16)26/h7-9,11-14H,5-6,10H2,1-4H3. The molecular formula is C25H25ClN2O3. The van der Waals surface area contributed by atoms with Gasteiger partial charge in [-0.2, -0.15) is 0 Å². The van der Waals surface area contributed by atoms with E-state index >= 15 is 0 Å². The van der Waals surface area contributed by atoms with E-state index in [1.807, 2.05) is 36.5 Å². The van der Waals surface area contributed by atoms with Gasteiger partial charge in [-0.05, 0) is 59.3 Å². The van der Waals surface area contributed by atoms with E-state index in [-0.39, 0.29) is 0 Å². The molecule has 2 aromatic carbocycles. The highest BCUT2D eigenvalue weighted by Gasteiger charge is 2.15. The minimum absolute atomic E-state index is 0.490. The van der Waals surface area contributed by atoms with Gasteiger partial charge in [-0.15, -0.1) is 0 Å². The van der Waals surface area contributed by atoms with Crippen LogP contribution in [0.1, 0.15) is 30.2 Å². The Bertz CT molecular complexity index is 1260. The minimum atomic E-state index is 0.490. The fourth-order valence-corrected chi connectivity index (χ4v) is 4.10. The van der Waals surface area contributed by atoms with Gasteiger partial charge < -0.3 is 14.2 Å². The summed E-state index contributed by atoms with van der Waals surface area (Å²) in [5, 5.41) is 3.63. The molecule has 0 amide bonds. The lowest BCUT2D eigenvalue weighted by Crippen LogP contribution is -2.00. The summed E-state index contributed by atoms with van der Waals surface area (Å²) < 4.78 is 16.4. The molecule has 6 heteroatoms. The van der Waals surface area contributed by atoms with Crippen LogP contribution in [0.15, 0.2) is 42.6 Å². The van der Waals surface area contributed by atoms with Crippen LogP contribution in [0, 0.1) is 0 Å². The number of nitrogens with zero attached hydrogens (tertiary/aromatic N) is 2. The smallest absolute Gasteiger partial charge is 0.161 e. The molecule has 0 bridgehead atoms. The number of aromatic nitrogens is 2. The molecule has 0 atom stereocenters. The SMILES string of the molecule is CCCc1ncc(Cc2cc3cc(OC)ccc3nc2Cl)c2cc(OC)c(OC)cc12. The summed E-state index contributed by atoms with van der Waals surface area (Å²) in [6.07, 6.45) is 4.44. The van der Waals surface area contributed by atoms with Crippen molar-refractivity contribution < 1.29 is 14.2 Å². The van der Waals surface area contributed by atoms with Crippen LogP contribution in [0.5, 0.6) is 17.2 Å². The van der Waals surface area contributed by atoms with Crippen LogP contribution in [0.2, 0.25) is 5.15 Å². The average Bonchev–Trinajstić information content (AvgIpc) is 2.79. The third kappa shape index (κ3) is 4.10. The summed E-state index contributed by atoms with van der Waals surface area (Å²) in [5.74, 6) is 2.18. The monoisotopic (exact) mass is 436 g/mol. The van der Waals surface area contributed by atoms with Crippen LogP contribution in [0.3, 0.4) is 0 Å². The third-order valence-electron chi connectivity index (χ3n) is 5.47. The van der Waals surface area contributed by atoms with Crippen molar-refractivity contribution in [3.8, 4) is 17.2 Å². The van der Waals surface area contributed by atoms with E-state index in [0.29, 0.717) is 23.1 Å². The van der Waals surface area contributed by atoms with Crippen molar-refractivity contribution in [1.29, 1.82) is 0 Å². The molecule has 0 aliphatic heterocycles. The maximum Gasteiger partial charge on any atom is 0.161 e. The number of methoxy groups -OCH3 is 3. The van der Waals surface area contributed by atoms with Crippen LogP contribution in [-0.2, 0) is 12.8 Å². The van der Waals surface area contributed by atoms with E-state index in [9.17, 15) is 0 Å². The molecular weight excluding hydrogens is 412 g/mol. The lowest BCUT2D eigenvalue weighted by Gasteiger charge is -2.15. The molecule has 0 spiro atoms. The molecule has 5 nitrogen and oxygen atoms in total. The van der Waals surface area contributed by atoms with Gasteiger partial charge in [0, 0.05) is 29.1 Å². The van der Waals surface area contributed by atoms with Crippen molar-refractivity contribution in [2.45, 2.75) is 26.2 Å². The second-order valence-electron chi connectivity index (χ2n) is 7.41. The number of halogens is 1. The highest BCUT2D eigenvalue weighted by molar-refractivity contribution is 6.30. The Labute approximate surface area is 186 Å². The second-order valence-corrected chi connectivity index (χ2v) is 7.76. The molecule has 0 aliphatic carbocycles. The molecule has 0 aliphatic rings. The zero-order chi connectivity index (χ0) is 22.0. The maximum atomic E-state index is 6.56. The van der Waals surface area contributed by atoms with Gasteiger partial charge in [0.15, 0.2) is 11.5 Å². The third-order valence-corrected chi connectivity index (χ3v) is 5.80. The fraction of sp³-hybridized carbons (Fsp3) is 0.280. The van der Waals surface area contributed by atoms with E-state index in [2.05, 4.69) is 18.0 Å². The predicted octanol–water partition coefficient (Wildman–Crippen LogP) is 6.01. The van der Waals surface area contributed by atoms with E-state index in [0.717, 1.165) is 57.1 Å². The number of pyridine rings is 2. The average molecular weight is 437 g/mol. The molecule has 31 heavy (non-hydrogen) atoms. The van der Waals surface area contributed by atoms with E-state index in [4.69, 9.17) is 30.8 Å². The lowest BCUT2D eigenvalue weighted by atomic mass is 9.97. The number of ether oxygens (including phenoxy) is 3. The Morgan fingerprint density at radius 1 is 0.871 bits per heavy atom. The first-order valence-electron chi connectivity index (χ1n) is 10.2. The fourth-order valence-electron chi connectivity index (χ4n) is 3.89. The highest BCUT2D eigenvalue weighted by atomic mass is 35.5. The quantitative estimate of drug-likeness (QED) is 0.332. The summed E-state index contributed by atoms with van der Waals surface area (Å²) in [6.45, 7) is 2.15. The van der Waals surface area contributed by atoms with Crippen molar-refractivity contribution >= 4 is 33.3 Å². The summed E-state index contributed by atoms with van der Waals surface area (Å²) in [5.41, 5.74) is 3.88. The Kier molecular flexibility index (Phi) is 6.14. The van der Waals surface area contributed by atoms with E-state index in [1.54, 1.807) is 21.3 Å². The van der Waals surface area contributed by atoms with Crippen molar-refractivity contribution in [3.63, 3.8) is 0 Å². The molecule has 0 radical (unpaired) electrons. The molecule has 0 N–H and O–H groups in total. The first kappa shape index (κ1) is 21.2. The van der Waals surface area contributed by atoms with Gasteiger partial charge >= 0.3 is 0 Å². The molecule has 160 valence electrons. The number of aryl methyl sites for hydroxylation is 1. The van der Waals surface area contributed by atoms with Gasteiger partial charge in [0.1, 0.15) is 10.9 Å². The molecule has 0 fully saturated rings. The van der Waals surface area contributed by atoms with Crippen LogP contribution >= 0.6 is 11.6 Å². The Morgan fingerprint density at radius 2 is 1.61 bits per heavy atom. The van der Waals surface area contributed by atoms with Gasteiger partial charge in [0.2, 0.25) is 0 Å². The molecule has 4 aromatic rings. The summed E-state index contributed by atoms with van der Waals surface area (Å²) in [7, 11) is 4.95. The maximum absolute atomic E-state index is 6.56. The molecule has 0 saturated heterocycles. The normalized spacial score (nSPS) is 11.1. The number of rotatable bonds is 7.